The minimum Gasteiger partial charge on any atom is -0.396 e. The molecule has 0 spiro atoms. The second-order valence-electron chi connectivity index (χ2n) is 4.09. The van der Waals surface area contributed by atoms with Crippen molar-refractivity contribution < 1.29 is 5.11 Å². The second kappa shape index (κ2) is 5.58. The van der Waals surface area contributed by atoms with E-state index in [4.69, 9.17) is 10.8 Å². The Labute approximate surface area is 80.9 Å². The van der Waals surface area contributed by atoms with E-state index >= 15 is 0 Å². The Bertz CT molecular complexity index is 133. The van der Waals surface area contributed by atoms with Gasteiger partial charge in [0.15, 0.2) is 0 Å². The third-order valence-corrected chi connectivity index (χ3v) is 2.98. The SMILES string of the molecule is C[C@@H](CCCO)N1CCC(N)CC1. The van der Waals surface area contributed by atoms with Gasteiger partial charge in [-0.05, 0) is 45.7 Å². The zero-order chi connectivity index (χ0) is 9.68. The van der Waals surface area contributed by atoms with Gasteiger partial charge in [-0.3, -0.25) is 0 Å². The van der Waals surface area contributed by atoms with E-state index in [1.54, 1.807) is 0 Å². The summed E-state index contributed by atoms with van der Waals surface area (Å²) in [6.45, 7) is 4.83. The smallest absolute Gasteiger partial charge is 0.0431 e. The summed E-state index contributed by atoms with van der Waals surface area (Å²) < 4.78 is 0. The highest BCUT2D eigenvalue weighted by Crippen LogP contribution is 2.14. The van der Waals surface area contributed by atoms with E-state index in [0.717, 1.165) is 38.8 Å². The molecular formula is C10H22N2O. The lowest BCUT2D eigenvalue weighted by molar-refractivity contribution is 0.147. The lowest BCUT2D eigenvalue weighted by Crippen LogP contribution is -2.43. The second-order valence-corrected chi connectivity index (χ2v) is 4.09. The molecule has 3 heteroatoms. The summed E-state index contributed by atoms with van der Waals surface area (Å²) in [5, 5.41) is 8.72. The van der Waals surface area contributed by atoms with Crippen molar-refractivity contribution in [2.45, 2.75) is 44.7 Å². The van der Waals surface area contributed by atoms with E-state index in [1.165, 1.54) is 0 Å². The van der Waals surface area contributed by atoms with Gasteiger partial charge >= 0.3 is 0 Å². The number of rotatable bonds is 4. The number of aliphatic hydroxyl groups excluding tert-OH is 1. The van der Waals surface area contributed by atoms with Crippen LogP contribution in [0.3, 0.4) is 0 Å². The standard InChI is InChI=1S/C10H22N2O/c1-9(3-2-8-13)12-6-4-10(11)5-7-12/h9-10,13H,2-8,11H2,1H3/t9-/m0/s1. The normalized spacial score (nSPS) is 23.3. The van der Waals surface area contributed by atoms with Crippen molar-refractivity contribution in [3.8, 4) is 0 Å². The third-order valence-electron chi connectivity index (χ3n) is 2.98. The monoisotopic (exact) mass is 186 g/mol. The Morgan fingerprint density at radius 1 is 1.46 bits per heavy atom. The molecule has 0 bridgehead atoms. The molecule has 0 aromatic carbocycles. The molecule has 0 unspecified atom stereocenters. The Kier molecular flexibility index (Phi) is 4.70. The van der Waals surface area contributed by atoms with Gasteiger partial charge in [0.25, 0.3) is 0 Å². The van der Waals surface area contributed by atoms with Gasteiger partial charge < -0.3 is 15.7 Å². The maximum atomic E-state index is 8.72. The molecule has 0 aromatic heterocycles. The molecule has 1 heterocycles. The molecule has 13 heavy (non-hydrogen) atoms. The summed E-state index contributed by atoms with van der Waals surface area (Å²) in [6, 6.07) is 1.03. The van der Waals surface area contributed by atoms with Crippen molar-refractivity contribution in [2.24, 2.45) is 5.73 Å². The molecule has 1 aliphatic heterocycles. The fourth-order valence-corrected chi connectivity index (χ4v) is 1.93. The van der Waals surface area contributed by atoms with Crippen molar-refractivity contribution in [3.63, 3.8) is 0 Å². The molecule has 1 saturated heterocycles. The van der Waals surface area contributed by atoms with Crippen LogP contribution in [-0.4, -0.2) is 41.8 Å². The van der Waals surface area contributed by atoms with Crippen LogP contribution >= 0.6 is 0 Å². The van der Waals surface area contributed by atoms with Crippen LogP contribution in [0.25, 0.3) is 0 Å². The van der Waals surface area contributed by atoms with Crippen molar-refractivity contribution in [1.82, 2.24) is 4.90 Å². The Morgan fingerprint density at radius 2 is 2.08 bits per heavy atom. The molecule has 1 atom stereocenters. The first kappa shape index (κ1) is 11.0. The number of hydrogen-bond acceptors (Lipinski definition) is 3. The summed E-state index contributed by atoms with van der Waals surface area (Å²) in [5.41, 5.74) is 5.83. The molecule has 1 aliphatic rings. The predicted molar refractivity (Wildman–Crippen MR) is 54.6 cm³/mol. The lowest BCUT2D eigenvalue weighted by Gasteiger charge is -2.34. The summed E-state index contributed by atoms with van der Waals surface area (Å²) in [7, 11) is 0. The first-order chi connectivity index (χ1) is 6.24. The molecule has 0 aliphatic carbocycles. The number of hydrogen-bond donors (Lipinski definition) is 2. The van der Waals surface area contributed by atoms with Crippen LogP contribution in [0.1, 0.15) is 32.6 Å². The molecule has 3 N–H and O–H groups in total. The van der Waals surface area contributed by atoms with Crippen LogP contribution in [0, 0.1) is 0 Å². The van der Waals surface area contributed by atoms with Gasteiger partial charge in [-0.1, -0.05) is 0 Å². The van der Waals surface area contributed by atoms with E-state index in [2.05, 4.69) is 11.8 Å². The minimum absolute atomic E-state index is 0.317. The molecule has 3 nitrogen and oxygen atoms in total. The Morgan fingerprint density at radius 3 is 2.62 bits per heavy atom. The quantitative estimate of drug-likeness (QED) is 0.675. The predicted octanol–water partition coefficient (Wildman–Crippen LogP) is 0.570. The molecular weight excluding hydrogens is 164 g/mol. The first-order valence-corrected chi connectivity index (χ1v) is 5.34. The van der Waals surface area contributed by atoms with Crippen LogP contribution < -0.4 is 5.73 Å². The van der Waals surface area contributed by atoms with Crippen molar-refractivity contribution in [2.75, 3.05) is 19.7 Å². The summed E-state index contributed by atoms with van der Waals surface area (Å²) >= 11 is 0. The Balaban J connectivity index is 2.19. The number of nitrogens with zero attached hydrogens (tertiary/aromatic N) is 1. The molecule has 78 valence electrons. The van der Waals surface area contributed by atoms with Crippen molar-refractivity contribution >= 4 is 0 Å². The van der Waals surface area contributed by atoms with Gasteiger partial charge in [0.2, 0.25) is 0 Å². The first-order valence-electron chi connectivity index (χ1n) is 5.34. The highest BCUT2D eigenvalue weighted by molar-refractivity contribution is 4.77. The summed E-state index contributed by atoms with van der Waals surface area (Å²) in [5.74, 6) is 0. The molecule has 0 aromatic rings. The zero-order valence-corrected chi connectivity index (χ0v) is 8.58. The van der Waals surface area contributed by atoms with E-state index in [0.29, 0.717) is 18.7 Å². The number of likely N-dealkylation sites (tertiary alicyclic amines) is 1. The van der Waals surface area contributed by atoms with Gasteiger partial charge in [-0.2, -0.15) is 0 Å². The van der Waals surface area contributed by atoms with Gasteiger partial charge in [-0.15, -0.1) is 0 Å². The molecule has 0 saturated carbocycles. The largest absolute Gasteiger partial charge is 0.396 e. The van der Waals surface area contributed by atoms with Gasteiger partial charge in [0, 0.05) is 18.7 Å². The summed E-state index contributed by atoms with van der Waals surface area (Å²) in [4.78, 5) is 2.49. The van der Waals surface area contributed by atoms with Crippen molar-refractivity contribution in [3.05, 3.63) is 0 Å². The van der Waals surface area contributed by atoms with E-state index < -0.39 is 0 Å². The van der Waals surface area contributed by atoms with Gasteiger partial charge in [0.1, 0.15) is 0 Å². The molecule has 0 amide bonds. The number of nitrogens with two attached hydrogens (primary N) is 1. The summed E-state index contributed by atoms with van der Waals surface area (Å²) in [6.07, 6.45) is 4.28. The average Bonchev–Trinajstić information content (AvgIpc) is 2.15. The fraction of sp³-hybridized carbons (Fsp3) is 1.00. The van der Waals surface area contributed by atoms with Crippen LogP contribution in [0.15, 0.2) is 0 Å². The average molecular weight is 186 g/mol. The van der Waals surface area contributed by atoms with Crippen molar-refractivity contribution in [1.29, 1.82) is 0 Å². The molecule has 0 radical (unpaired) electrons. The molecule has 1 rings (SSSR count). The maximum absolute atomic E-state index is 8.72. The minimum atomic E-state index is 0.317. The highest BCUT2D eigenvalue weighted by atomic mass is 16.2. The fourth-order valence-electron chi connectivity index (χ4n) is 1.93. The van der Waals surface area contributed by atoms with Crippen LogP contribution in [0.2, 0.25) is 0 Å². The number of piperidine rings is 1. The van der Waals surface area contributed by atoms with E-state index in [1.807, 2.05) is 0 Å². The van der Waals surface area contributed by atoms with Gasteiger partial charge in [-0.25, -0.2) is 0 Å². The molecule has 1 fully saturated rings. The lowest BCUT2D eigenvalue weighted by atomic mass is 10.0. The topological polar surface area (TPSA) is 49.5 Å². The van der Waals surface area contributed by atoms with Crippen LogP contribution in [0.5, 0.6) is 0 Å². The maximum Gasteiger partial charge on any atom is 0.0431 e. The number of aliphatic hydroxyl groups is 1. The van der Waals surface area contributed by atoms with E-state index in [9.17, 15) is 0 Å². The van der Waals surface area contributed by atoms with Gasteiger partial charge in [0.05, 0.1) is 0 Å². The van der Waals surface area contributed by atoms with Crippen LogP contribution in [-0.2, 0) is 0 Å². The van der Waals surface area contributed by atoms with Crippen LogP contribution in [0.4, 0.5) is 0 Å². The third kappa shape index (κ3) is 3.63. The zero-order valence-electron chi connectivity index (χ0n) is 8.58. The highest BCUT2D eigenvalue weighted by Gasteiger charge is 2.19. The Hall–Kier alpha value is -0.120. The van der Waals surface area contributed by atoms with E-state index in [-0.39, 0.29) is 0 Å².